The minimum atomic E-state index is -4.47. The van der Waals surface area contributed by atoms with E-state index in [1.807, 2.05) is 0 Å². The van der Waals surface area contributed by atoms with Crippen molar-refractivity contribution in [2.75, 3.05) is 0 Å². The summed E-state index contributed by atoms with van der Waals surface area (Å²) in [6, 6.07) is 0.156. The van der Waals surface area contributed by atoms with Gasteiger partial charge in [-0.3, -0.25) is 0 Å². The summed E-state index contributed by atoms with van der Waals surface area (Å²) in [5.74, 6) is -10.5. The van der Waals surface area contributed by atoms with Gasteiger partial charge in [0.1, 0.15) is 5.82 Å². The lowest BCUT2D eigenvalue weighted by Crippen LogP contribution is -2.24. The molecule has 0 saturated carbocycles. The number of fused-ring (bicyclic) bond motifs is 1. The molecule has 1 atom stereocenters. The van der Waals surface area contributed by atoms with E-state index in [4.69, 9.17) is 0 Å². The molecule has 1 aliphatic carbocycles. The van der Waals surface area contributed by atoms with Crippen molar-refractivity contribution in [3.63, 3.8) is 0 Å². The van der Waals surface area contributed by atoms with E-state index in [2.05, 4.69) is 9.54 Å². The molecule has 0 amide bonds. The number of rotatable bonds is 2. The zero-order valence-corrected chi connectivity index (χ0v) is 10.4. The highest BCUT2D eigenvalue weighted by Crippen LogP contribution is 2.46. The van der Waals surface area contributed by atoms with Gasteiger partial charge in [-0.05, 0) is 0 Å². The second-order valence-electron chi connectivity index (χ2n) is 4.23. The Kier molecular flexibility index (Phi) is 3.33. The monoisotopic (exact) mass is 314 g/mol. The van der Waals surface area contributed by atoms with Crippen molar-refractivity contribution in [2.24, 2.45) is 9.54 Å². The fourth-order valence-corrected chi connectivity index (χ4v) is 2.33. The first kappa shape index (κ1) is 14.9. The van der Waals surface area contributed by atoms with E-state index in [0.29, 0.717) is 0 Å². The number of alkyl halides is 2. The Morgan fingerprint density at radius 2 is 1.90 bits per heavy atom. The molecule has 0 radical (unpaired) electrons. The van der Waals surface area contributed by atoms with Gasteiger partial charge in [0.25, 0.3) is 5.92 Å². The Morgan fingerprint density at radius 3 is 2.45 bits per heavy atom. The Bertz CT molecular complexity index is 702. The van der Waals surface area contributed by atoms with Crippen molar-refractivity contribution < 1.29 is 30.4 Å². The summed E-state index contributed by atoms with van der Waals surface area (Å²) in [6.45, 7) is 0. The molecule has 1 aromatic carbocycles. The van der Waals surface area contributed by atoms with Crippen molar-refractivity contribution in [1.29, 1.82) is 0 Å². The maximum absolute atomic E-state index is 13.7. The molecule has 0 saturated heterocycles. The van der Waals surface area contributed by atoms with Gasteiger partial charge in [0, 0.05) is 29.8 Å². The molecule has 1 unspecified atom stereocenters. The molecule has 0 aliphatic heterocycles. The van der Waals surface area contributed by atoms with Gasteiger partial charge in [-0.1, -0.05) is 0 Å². The average Bonchev–Trinajstić information content (AvgIpc) is 2.54. The van der Waals surface area contributed by atoms with Gasteiger partial charge in [0.15, 0.2) is 11.6 Å². The van der Waals surface area contributed by atoms with Crippen molar-refractivity contribution in [1.82, 2.24) is 0 Å². The molecule has 0 heterocycles. The summed E-state index contributed by atoms with van der Waals surface area (Å²) in [7, 11) is -4.47. The first-order chi connectivity index (χ1) is 9.03. The molecule has 2 rings (SSSR count). The summed E-state index contributed by atoms with van der Waals surface area (Å²) in [4.78, 5) is 0. The third-order valence-electron chi connectivity index (χ3n) is 2.85. The van der Waals surface area contributed by atoms with E-state index in [1.165, 1.54) is 0 Å². The summed E-state index contributed by atoms with van der Waals surface area (Å²) < 4.78 is 91.3. The Morgan fingerprint density at radius 1 is 1.30 bits per heavy atom. The normalized spacial score (nSPS) is 21.4. The van der Waals surface area contributed by atoms with Crippen LogP contribution in [0.1, 0.15) is 17.0 Å². The van der Waals surface area contributed by atoms with Crippen LogP contribution in [-0.2, 0) is 16.6 Å². The van der Waals surface area contributed by atoms with Crippen LogP contribution < -0.4 is 5.14 Å². The van der Waals surface area contributed by atoms with Crippen LogP contribution in [0.25, 0.3) is 0 Å². The van der Waals surface area contributed by atoms with Crippen LogP contribution in [0.2, 0.25) is 0 Å². The van der Waals surface area contributed by atoms with E-state index in [-0.39, 0.29) is 12.3 Å². The third-order valence-corrected chi connectivity index (χ3v) is 3.26. The summed E-state index contributed by atoms with van der Waals surface area (Å²) in [5.41, 5.74) is -1.65. The van der Waals surface area contributed by atoms with Gasteiger partial charge in [0.2, 0.25) is 0 Å². The second-order valence-corrected chi connectivity index (χ2v) is 5.47. The fourth-order valence-electron chi connectivity index (χ4n) is 2.04. The minimum Gasteiger partial charge on any atom is -0.210 e. The van der Waals surface area contributed by atoms with Crippen LogP contribution in [0.3, 0.4) is 0 Å². The highest BCUT2D eigenvalue weighted by atomic mass is 32.2. The Hall–Kier alpha value is -1.55. The first-order valence-corrected chi connectivity index (χ1v) is 6.65. The van der Waals surface area contributed by atoms with Gasteiger partial charge < -0.3 is 0 Å². The summed E-state index contributed by atoms with van der Waals surface area (Å²) in [6.07, 6.45) is -1.00. The number of nitrogens with two attached hydrogens (primary N) is 1. The molecule has 1 aliphatic rings. The topological polar surface area (TPSA) is 72.5 Å². The highest BCUT2D eigenvalue weighted by Gasteiger charge is 2.50. The minimum absolute atomic E-state index is 0.156. The molecule has 2 N–H and O–H groups in total. The molecule has 0 fully saturated rings. The molecule has 1 aromatic rings. The van der Waals surface area contributed by atoms with E-state index in [1.54, 1.807) is 0 Å². The molecular weight excluding hydrogens is 307 g/mol. The molecule has 0 spiro atoms. The van der Waals surface area contributed by atoms with Crippen LogP contribution in [0.5, 0.6) is 0 Å². The van der Waals surface area contributed by atoms with Crippen molar-refractivity contribution in [3.8, 4) is 0 Å². The maximum Gasteiger partial charge on any atom is 0.316 e. The fraction of sp³-hybridized carbons (Fsp3) is 0.300. The number of nitrogens with zero attached hydrogens (tertiary/aromatic N) is 1. The van der Waals surface area contributed by atoms with Gasteiger partial charge >= 0.3 is 10.2 Å². The van der Waals surface area contributed by atoms with Crippen LogP contribution in [-0.4, -0.2) is 20.6 Å². The lowest BCUT2D eigenvalue weighted by Gasteiger charge is -2.15. The predicted octanol–water partition coefficient (Wildman–Crippen LogP) is 1.65. The van der Waals surface area contributed by atoms with Gasteiger partial charge in [-0.25, -0.2) is 27.1 Å². The lowest BCUT2D eigenvalue weighted by molar-refractivity contribution is 0.00426. The molecular formula is C10H7F5N2O2S. The largest absolute Gasteiger partial charge is 0.316 e. The molecule has 110 valence electrons. The Balaban J connectivity index is 2.63. The molecule has 4 nitrogen and oxygen atoms in total. The van der Waals surface area contributed by atoms with Gasteiger partial charge in [0.05, 0.1) is 5.92 Å². The van der Waals surface area contributed by atoms with E-state index < -0.39 is 57.0 Å². The zero-order valence-electron chi connectivity index (χ0n) is 9.58. The van der Waals surface area contributed by atoms with Crippen LogP contribution in [0.4, 0.5) is 22.0 Å². The highest BCUT2D eigenvalue weighted by molar-refractivity contribution is 7.87. The maximum atomic E-state index is 13.7. The summed E-state index contributed by atoms with van der Waals surface area (Å²) in [5, 5.41) is 4.51. The second kappa shape index (κ2) is 4.48. The van der Waals surface area contributed by atoms with Crippen LogP contribution in [0.15, 0.2) is 10.5 Å². The quantitative estimate of drug-likeness (QED) is 0.512. The van der Waals surface area contributed by atoms with E-state index in [9.17, 15) is 30.4 Å². The molecule has 10 heteroatoms. The van der Waals surface area contributed by atoms with Crippen molar-refractivity contribution >= 4 is 16.4 Å². The average molecular weight is 314 g/mol. The van der Waals surface area contributed by atoms with Gasteiger partial charge in [-0.15, -0.1) is 0 Å². The van der Waals surface area contributed by atoms with Gasteiger partial charge in [-0.2, -0.15) is 12.8 Å². The molecule has 20 heavy (non-hydrogen) atoms. The van der Waals surface area contributed by atoms with E-state index in [0.717, 1.165) is 0 Å². The number of hydrogen-bond donors (Lipinski definition) is 1. The lowest BCUT2D eigenvalue weighted by atomic mass is 10.00. The third kappa shape index (κ3) is 2.52. The van der Waals surface area contributed by atoms with Crippen LogP contribution in [0, 0.1) is 17.5 Å². The summed E-state index contributed by atoms with van der Waals surface area (Å²) >= 11 is 0. The number of benzene rings is 1. The molecule has 0 aromatic heterocycles. The van der Waals surface area contributed by atoms with E-state index >= 15 is 0 Å². The van der Waals surface area contributed by atoms with Crippen molar-refractivity contribution in [2.45, 2.75) is 18.3 Å². The van der Waals surface area contributed by atoms with Crippen LogP contribution >= 0.6 is 0 Å². The first-order valence-electron chi connectivity index (χ1n) is 5.15. The smallest absolute Gasteiger partial charge is 0.210 e. The SMILES string of the molecule is NS(=O)(=O)/N=C/C1c2c(F)c(F)cc(F)c2CC1(F)F. The zero-order chi connectivity index (χ0) is 15.3. The standard InChI is InChI=1S/C10H7F5N2O2S/c11-6-1-7(12)9(13)8-4(6)2-10(14,15)5(8)3-17-20(16,18)19/h1,3,5H,2H2,(H2,16,18,19)/b17-3+. The number of halogens is 5. The van der Waals surface area contributed by atoms with Crippen molar-refractivity contribution in [3.05, 3.63) is 34.6 Å². The Labute approximate surface area is 110 Å². The molecule has 0 bridgehead atoms. The predicted molar refractivity (Wildman–Crippen MR) is 59.3 cm³/mol. The number of hydrogen-bond acceptors (Lipinski definition) is 2.